The molecule has 1 aliphatic rings. The van der Waals surface area contributed by atoms with E-state index in [-0.39, 0.29) is 23.1 Å². The van der Waals surface area contributed by atoms with E-state index in [2.05, 4.69) is 15.0 Å². The van der Waals surface area contributed by atoms with Gasteiger partial charge in [0.25, 0.3) is 5.91 Å². The number of halogens is 3. The Morgan fingerprint density at radius 3 is 2.77 bits per heavy atom. The summed E-state index contributed by atoms with van der Waals surface area (Å²) in [5, 5.41) is 1.94. The molecule has 122 valence electrons. The second-order valence-corrected chi connectivity index (χ2v) is 5.40. The zero-order valence-corrected chi connectivity index (χ0v) is 12.3. The first-order valence-electron chi connectivity index (χ1n) is 6.50. The van der Waals surface area contributed by atoms with Crippen molar-refractivity contribution in [2.45, 2.75) is 32.0 Å². The van der Waals surface area contributed by atoms with Gasteiger partial charge >= 0.3 is 12.1 Å². The number of alkyl halides is 3. The third-order valence-corrected chi connectivity index (χ3v) is 3.82. The number of aromatic nitrogens is 1. The first kappa shape index (κ1) is 16.7. The van der Waals surface area contributed by atoms with Gasteiger partial charge in [0.05, 0.1) is 6.61 Å². The molecule has 1 saturated heterocycles. The highest BCUT2D eigenvalue weighted by Gasteiger charge is 2.40. The molecule has 0 aromatic carbocycles. The lowest BCUT2D eigenvalue weighted by Crippen LogP contribution is -2.26. The molecule has 1 amide bonds. The van der Waals surface area contributed by atoms with Gasteiger partial charge in [-0.05, 0) is 19.8 Å². The van der Waals surface area contributed by atoms with Gasteiger partial charge in [0.1, 0.15) is 11.0 Å². The maximum absolute atomic E-state index is 12.9. The van der Waals surface area contributed by atoms with Crippen molar-refractivity contribution in [3.8, 4) is 0 Å². The minimum Gasteiger partial charge on any atom is -0.461 e. The van der Waals surface area contributed by atoms with E-state index in [0.717, 1.165) is 0 Å². The summed E-state index contributed by atoms with van der Waals surface area (Å²) in [5.41, 5.74) is -0.845. The van der Waals surface area contributed by atoms with Crippen molar-refractivity contribution in [3.05, 3.63) is 10.6 Å². The lowest BCUT2D eigenvalue weighted by atomic mass is 10.2. The highest BCUT2D eigenvalue weighted by molar-refractivity contribution is 7.16. The number of hydrogen-bond acceptors (Lipinski definition) is 6. The fourth-order valence-electron chi connectivity index (χ4n) is 1.87. The first-order chi connectivity index (χ1) is 10.3. The number of nitrogens with zero attached hydrogens (tertiary/aromatic N) is 1. The number of rotatable bonds is 4. The monoisotopic (exact) mass is 338 g/mol. The number of hydrogen-bond donors (Lipinski definition) is 1. The Labute approximate surface area is 127 Å². The van der Waals surface area contributed by atoms with E-state index >= 15 is 0 Å². The molecule has 6 nitrogen and oxygen atoms in total. The van der Waals surface area contributed by atoms with E-state index in [1.165, 1.54) is 6.92 Å². The molecular weight excluding hydrogens is 325 g/mol. The van der Waals surface area contributed by atoms with Crippen LogP contribution in [0.15, 0.2) is 0 Å². The Balaban J connectivity index is 2.21. The van der Waals surface area contributed by atoms with Gasteiger partial charge < -0.3 is 9.47 Å². The number of carbonyl (C=O) groups is 2. The van der Waals surface area contributed by atoms with E-state index in [4.69, 9.17) is 4.74 Å². The molecule has 1 aliphatic heterocycles. The van der Waals surface area contributed by atoms with Crippen molar-refractivity contribution in [2.75, 3.05) is 18.5 Å². The smallest absolute Gasteiger partial charge is 0.428 e. The van der Waals surface area contributed by atoms with Gasteiger partial charge in [-0.3, -0.25) is 10.1 Å². The highest BCUT2D eigenvalue weighted by atomic mass is 32.1. The molecule has 0 spiro atoms. The first-order valence-corrected chi connectivity index (χ1v) is 7.32. The molecule has 0 radical (unpaired) electrons. The van der Waals surface area contributed by atoms with Crippen molar-refractivity contribution >= 4 is 28.3 Å². The highest BCUT2D eigenvalue weighted by Crippen LogP contribution is 2.38. The Morgan fingerprint density at radius 1 is 1.50 bits per heavy atom. The predicted molar refractivity (Wildman–Crippen MR) is 70.7 cm³/mol. The maximum atomic E-state index is 12.9. The molecule has 0 bridgehead atoms. The van der Waals surface area contributed by atoms with Crippen molar-refractivity contribution in [1.29, 1.82) is 0 Å². The Hall–Kier alpha value is -1.68. The SMILES string of the molecule is CCOC(=O)c1nc(NC(=O)[C@H]2CCCO2)sc1C(F)(F)F. The number of thiazole rings is 1. The fourth-order valence-corrected chi connectivity index (χ4v) is 2.70. The van der Waals surface area contributed by atoms with E-state index in [0.29, 0.717) is 19.4 Å². The zero-order chi connectivity index (χ0) is 16.3. The number of carbonyl (C=O) groups excluding carboxylic acids is 2. The second-order valence-electron chi connectivity index (χ2n) is 4.41. The molecule has 22 heavy (non-hydrogen) atoms. The number of ether oxygens (including phenoxy) is 2. The lowest BCUT2D eigenvalue weighted by molar-refractivity contribution is -0.135. The van der Waals surface area contributed by atoms with Gasteiger partial charge in [-0.15, -0.1) is 0 Å². The molecule has 2 rings (SSSR count). The summed E-state index contributed by atoms with van der Waals surface area (Å²) in [7, 11) is 0. The van der Waals surface area contributed by atoms with Crippen LogP contribution in [0.2, 0.25) is 0 Å². The van der Waals surface area contributed by atoms with Gasteiger partial charge in [0.15, 0.2) is 10.8 Å². The van der Waals surface area contributed by atoms with Gasteiger partial charge in [0.2, 0.25) is 0 Å². The van der Waals surface area contributed by atoms with Crippen LogP contribution in [0.5, 0.6) is 0 Å². The third kappa shape index (κ3) is 3.74. The fraction of sp³-hybridized carbons (Fsp3) is 0.583. The van der Waals surface area contributed by atoms with Crippen molar-refractivity contribution in [2.24, 2.45) is 0 Å². The molecule has 0 saturated carbocycles. The predicted octanol–water partition coefficient (Wildman–Crippen LogP) is 2.46. The molecule has 1 atom stereocenters. The van der Waals surface area contributed by atoms with Gasteiger partial charge in [-0.2, -0.15) is 13.2 Å². The number of amides is 1. The van der Waals surface area contributed by atoms with Crippen LogP contribution in [-0.2, 0) is 20.4 Å². The minimum atomic E-state index is -4.76. The van der Waals surface area contributed by atoms with Crippen LogP contribution in [0.25, 0.3) is 0 Å². The van der Waals surface area contributed by atoms with Crippen LogP contribution in [-0.4, -0.2) is 36.2 Å². The minimum absolute atomic E-state index is 0.0781. The van der Waals surface area contributed by atoms with E-state index in [1.807, 2.05) is 0 Å². The summed E-state index contributed by atoms with van der Waals surface area (Å²) in [4.78, 5) is 25.7. The molecule has 0 aliphatic carbocycles. The molecule has 1 aromatic rings. The van der Waals surface area contributed by atoms with Gasteiger partial charge in [-0.25, -0.2) is 9.78 Å². The lowest BCUT2D eigenvalue weighted by Gasteiger charge is -2.07. The van der Waals surface area contributed by atoms with Crippen molar-refractivity contribution < 1.29 is 32.2 Å². The van der Waals surface area contributed by atoms with Crippen LogP contribution in [0.1, 0.15) is 35.1 Å². The largest absolute Gasteiger partial charge is 0.461 e. The summed E-state index contributed by atoms with van der Waals surface area (Å²) >= 11 is 0.183. The summed E-state index contributed by atoms with van der Waals surface area (Å²) in [6.45, 7) is 1.82. The van der Waals surface area contributed by atoms with Gasteiger partial charge in [-0.1, -0.05) is 11.3 Å². The number of nitrogens with one attached hydrogen (secondary N) is 1. The standard InChI is InChI=1S/C12H13F3N2O4S/c1-2-20-10(19)7-8(12(13,14)15)22-11(16-7)17-9(18)6-4-3-5-21-6/h6H,2-5H2,1H3,(H,16,17,18)/t6-/m1/s1. The normalized spacial score (nSPS) is 18.3. The second kappa shape index (κ2) is 6.61. The van der Waals surface area contributed by atoms with E-state index in [1.54, 1.807) is 0 Å². The van der Waals surface area contributed by atoms with Crippen molar-refractivity contribution in [1.82, 2.24) is 4.98 Å². The van der Waals surface area contributed by atoms with Crippen molar-refractivity contribution in [3.63, 3.8) is 0 Å². The van der Waals surface area contributed by atoms with Crippen LogP contribution in [0.3, 0.4) is 0 Å². The molecule has 10 heteroatoms. The summed E-state index contributed by atoms with van der Waals surface area (Å²) in [5.74, 6) is -1.75. The zero-order valence-electron chi connectivity index (χ0n) is 11.5. The summed E-state index contributed by atoms with van der Waals surface area (Å²) in [6, 6.07) is 0. The number of anilines is 1. The average molecular weight is 338 g/mol. The Bertz CT molecular complexity index is 567. The quantitative estimate of drug-likeness (QED) is 0.854. The maximum Gasteiger partial charge on any atom is 0.428 e. The Morgan fingerprint density at radius 2 is 2.23 bits per heavy atom. The molecule has 1 N–H and O–H groups in total. The van der Waals surface area contributed by atoms with Crippen LogP contribution >= 0.6 is 11.3 Å². The Kier molecular flexibility index (Phi) is 5.01. The molecule has 2 heterocycles. The molecular formula is C12H13F3N2O4S. The third-order valence-electron chi connectivity index (χ3n) is 2.81. The van der Waals surface area contributed by atoms with Gasteiger partial charge in [0, 0.05) is 6.61 Å². The average Bonchev–Trinajstić information content (AvgIpc) is 3.07. The molecule has 1 fully saturated rings. The summed E-state index contributed by atoms with van der Waals surface area (Å²) < 4.78 is 48.5. The van der Waals surface area contributed by atoms with Crippen LogP contribution in [0, 0.1) is 0 Å². The molecule has 0 unspecified atom stereocenters. The molecule has 1 aromatic heterocycles. The van der Waals surface area contributed by atoms with E-state index < -0.39 is 34.7 Å². The number of esters is 1. The van der Waals surface area contributed by atoms with Crippen LogP contribution in [0.4, 0.5) is 18.3 Å². The van der Waals surface area contributed by atoms with Crippen LogP contribution < -0.4 is 5.32 Å². The summed E-state index contributed by atoms with van der Waals surface area (Å²) in [6.07, 6.45) is -4.26. The topological polar surface area (TPSA) is 77.5 Å². The van der Waals surface area contributed by atoms with E-state index in [9.17, 15) is 22.8 Å².